The van der Waals surface area contributed by atoms with Gasteiger partial charge < -0.3 is 28.2 Å². The van der Waals surface area contributed by atoms with Gasteiger partial charge in [0.25, 0.3) is 0 Å². The van der Waals surface area contributed by atoms with Crippen molar-refractivity contribution >= 4 is 32.3 Å². The molecule has 6 nitrogen and oxygen atoms in total. The normalized spacial score (nSPS) is 17.1. The van der Waals surface area contributed by atoms with Crippen LogP contribution in [0, 0.1) is 0 Å². The van der Waals surface area contributed by atoms with Gasteiger partial charge in [0.1, 0.15) is 0 Å². The first-order valence-electron chi connectivity index (χ1n) is 11.0. The first kappa shape index (κ1) is 29.6. The third-order valence-electron chi connectivity index (χ3n) is 5.57. The van der Waals surface area contributed by atoms with Gasteiger partial charge in [-0.25, -0.2) is 0 Å². The lowest BCUT2D eigenvalue weighted by atomic mass is 10.3. The molecule has 176 valence electrons. The SMILES string of the molecule is CN(CCC[Si](C)(O[Si](C)(C)C)O[Si](C)(C)[Si](C)(C)C)CCN(C)CC(O)CO. The summed E-state index contributed by atoms with van der Waals surface area (Å²) in [6, 6.07) is 1.04. The summed E-state index contributed by atoms with van der Waals surface area (Å²) < 4.78 is 13.7. The molecule has 0 aliphatic carbocycles. The Bertz CT molecular complexity index is 472. The zero-order valence-corrected chi connectivity index (χ0v) is 25.1. The van der Waals surface area contributed by atoms with Crippen molar-refractivity contribution in [2.24, 2.45) is 0 Å². The number of nitrogens with zero attached hydrogens (tertiary/aromatic N) is 2. The Morgan fingerprint density at radius 1 is 0.793 bits per heavy atom. The molecule has 0 aromatic heterocycles. The van der Waals surface area contributed by atoms with Gasteiger partial charge in [-0.3, -0.25) is 0 Å². The smallest absolute Gasteiger partial charge is 0.314 e. The molecule has 0 rings (SSSR count). The van der Waals surface area contributed by atoms with E-state index in [0.29, 0.717) is 6.54 Å². The average molecular weight is 483 g/mol. The zero-order valence-electron chi connectivity index (χ0n) is 21.1. The number of likely N-dealkylation sites (N-methyl/N-ethyl adjacent to an activating group) is 2. The van der Waals surface area contributed by atoms with Crippen molar-refractivity contribution in [2.75, 3.05) is 46.9 Å². The molecule has 2 N–H and O–H groups in total. The maximum absolute atomic E-state index is 9.55. The fourth-order valence-corrected chi connectivity index (χ4v) is 20.7. The fourth-order valence-electron chi connectivity index (χ4n) is 3.10. The first-order valence-corrected chi connectivity index (χ1v) is 24.3. The van der Waals surface area contributed by atoms with Crippen molar-refractivity contribution in [3.05, 3.63) is 0 Å². The molecule has 0 radical (unpaired) electrons. The molecule has 0 bridgehead atoms. The minimum absolute atomic E-state index is 0.183. The van der Waals surface area contributed by atoms with E-state index >= 15 is 0 Å². The van der Waals surface area contributed by atoms with Gasteiger partial charge in [0.15, 0.2) is 16.2 Å². The van der Waals surface area contributed by atoms with Crippen molar-refractivity contribution < 1.29 is 18.4 Å². The molecule has 2 unspecified atom stereocenters. The summed E-state index contributed by atoms with van der Waals surface area (Å²) in [6.45, 7) is 24.3. The van der Waals surface area contributed by atoms with E-state index in [1.54, 1.807) is 0 Å². The van der Waals surface area contributed by atoms with Crippen LogP contribution in [0.4, 0.5) is 0 Å². The lowest BCUT2D eigenvalue weighted by molar-refractivity contribution is 0.0645. The van der Waals surface area contributed by atoms with Crippen LogP contribution >= 0.6 is 0 Å². The highest BCUT2D eigenvalue weighted by Gasteiger charge is 2.47. The van der Waals surface area contributed by atoms with Crippen LogP contribution < -0.4 is 0 Å². The van der Waals surface area contributed by atoms with E-state index in [1.165, 1.54) is 0 Å². The molecular formula is C19H50N2O4Si4. The maximum Gasteiger partial charge on any atom is 0.314 e. The Morgan fingerprint density at radius 2 is 1.31 bits per heavy atom. The van der Waals surface area contributed by atoms with Crippen LogP contribution in [0.25, 0.3) is 0 Å². The monoisotopic (exact) mass is 482 g/mol. The lowest BCUT2D eigenvalue weighted by Crippen LogP contribution is -2.62. The number of rotatable bonds is 15. The summed E-state index contributed by atoms with van der Waals surface area (Å²) in [6.07, 6.45) is 0.426. The second-order valence-corrected chi connectivity index (χ2v) is 35.5. The molecule has 29 heavy (non-hydrogen) atoms. The summed E-state index contributed by atoms with van der Waals surface area (Å²) in [5, 5.41) is 18.5. The van der Waals surface area contributed by atoms with Gasteiger partial charge in [-0.15, -0.1) is 0 Å². The highest BCUT2D eigenvalue weighted by atomic mass is 29.3. The van der Waals surface area contributed by atoms with Crippen molar-refractivity contribution in [1.29, 1.82) is 0 Å². The summed E-state index contributed by atoms with van der Waals surface area (Å²) >= 11 is 0. The molecular weight excluding hydrogens is 433 g/mol. The van der Waals surface area contributed by atoms with E-state index in [9.17, 15) is 5.11 Å². The van der Waals surface area contributed by atoms with Gasteiger partial charge in [0.05, 0.1) is 20.3 Å². The Morgan fingerprint density at radius 3 is 1.76 bits per heavy atom. The van der Waals surface area contributed by atoms with Gasteiger partial charge >= 0.3 is 8.56 Å². The van der Waals surface area contributed by atoms with E-state index in [1.807, 2.05) is 7.05 Å². The molecule has 2 atom stereocenters. The second kappa shape index (κ2) is 12.0. The molecule has 10 heteroatoms. The zero-order chi connectivity index (χ0) is 23.1. The van der Waals surface area contributed by atoms with Crippen LogP contribution in [0.2, 0.25) is 65.0 Å². The van der Waals surface area contributed by atoms with Crippen molar-refractivity contribution in [3.63, 3.8) is 0 Å². The van der Waals surface area contributed by atoms with Crippen molar-refractivity contribution in [2.45, 2.75) is 77.5 Å². The highest BCUT2D eigenvalue weighted by molar-refractivity contribution is 7.38. The highest BCUT2D eigenvalue weighted by Crippen LogP contribution is 2.30. The molecule has 0 saturated carbocycles. The van der Waals surface area contributed by atoms with Crippen molar-refractivity contribution in [1.82, 2.24) is 9.80 Å². The number of hydrogen-bond donors (Lipinski definition) is 2. The first-order chi connectivity index (χ1) is 12.9. The van der Waals surface area contributed by atoms with E-state index in [2.05, 4.69) is 75.8 Å². The Labute approximate surface area is 184 Å². The molecule has 0 aliphatic rings. The summed E-state index contributed by atoms with van der Waals surface area (Å²) in [5.41, 5.74) is 0. The number of hydrogen-bond acceptors (Lipinski definition) is 6. The fraction of sp³-hybridized carbons (Fsp3) is 1.00. The number of aliphatic hydroxyl groups excluding tert-OH is 2. The molecule has 0 aromatic carbocycles. The second-order valence-electron chi connectivity index (χ2n) is 11.2. The van der Waals surface area contributed by atoms with Crippen molar-refractivity contribution in [3.8, 4) is 0 Å². The summed E-state index contributed by atoms with van der Waals surface area (Å²) in [4.78, 5) is 4.40. The quantitative estimate of drug-likeness (QED) is 0.350. The summed E-state index contributed by atoms with van der Waals surface area (Å²) in [5.74, 6) is 0. The molecule has 0 fully saturated rings. The van der Waals surface area contributed by atoms with Gasteiger partial charge in [0.2, 0.25) is 0 Å². The average Bonchev–Trinajstić information content (AvgIpc) is 2.49. The van der Waals surface area contributed by atoms with Gasteiger partial charge in [-0.2, -0.15) is 0 Å². The minimum Gasteiger partial charge on any atom is -0.439 e. The Hall–Kier alpha value is 0.628. The number of aliphatic hydroxyl groups is 2. The van der Waals surface area contributed by atoms with Crippen LogP contribution in [0.15, 0.2) is 0 Å². The van der Waals surface area contributed by atoms with Crippen LogP contribution in [0.1, 0.15) is 6.42 Å². The Balaban J connectivity index is 4.75. The molecule has 0 saturated heterocycles. The van der Waals surface area contributed by atoms with Crippen LogP contribution in [0.3, 0.4) is 0 Å². The van der Waals surface area contributed by atoms with E-state index < -0.39 is 38.4 Å². The minimum atomic E-state index is -2.21. The van der Waals surface area contributed by atoms with Gasteiger partial charge in [0, 0.05) is 19.6 Å². The molecule has 0 amide bonds. The van der Waals surface area contributed by atoms with Crippen LogP contribution in [-0.4, -0.2) is 105 Å². The van der Waals surface area contributed by atoms with E-state index in [4.69, 9.17) is 13.3 Å². The Kier molecular flexibility index (Phi) is 12.3. The van der Waals surface area contributed by atoms with Gasteiger partial charge in [-0.05, 0) is 72.4 Å². The maximum atomic E-state index is 9.55. The predicted molar refractivity (Wildman–Crippen MR) is 135 cm³/mol. The molecule has 0 aromatic rings. The molecule has 0 aliphatic heterocycles. The topological polar surface area (TPSA) is 65.4 Å². The largest absolute Gasteiger partial charge is 0.439 e. The van der Waals surface area contributed by atoms with Crippen LogP contribution in [0.5, 0.6) is 0 Å². The predicted octanol–water partition coefficient (Wildman–Crippen LogP) is 3.16. The third-order valence-corrected chi connectivity index (χ3v) is 30.1. The van der Waals surface area contributed by atoms with Crippen LogP contribution in [-0.2, 0) is 8.23 Å². The van der Waals surface area contributed by atoms with Gasteiger partial charge in [-0.1, -0.05) is 19.6 Å². The molecule has 0 heterocycles. The van der Waals surface area contributed by atoms with E-state index in [-0.39, 0.29) is 6.61 Å². The van der Waals surface area contributed by atoms with E-state index in [0.717, 1.165) is 32.1 Å². The summed E-state index contributed by atoms with van der Waals surface area (Å²) in [7, 11) is -2.82. The molecule has 0 spiro atoms. The lowest BCUT2D eigenvalue weighted by Gasteiger charge is -2.44. The third kappa shape index (κ3) is 12.9. The standard InChI is InChI=1S/C19H50N2O4Si4/c1-20(14-15-21(2)17-19(23)18-22)13-12-16-29(11,24-26(3,4)5)25-28(9,10)27(6,7)8/h19,22-23H,12-18H2,1-11H3.